The Morgan fingerprint density at radius 1 is 1.37 bits per heavy atom. The normalized spacial score (nSPS) is 16.8. The lowest BCUT2D eigenvalue weighted by molar-refractivity contribution is -0.137. The van der Waals surface area contributed by atoms with Gasteiger partial charge in [-0.3, -0.25) is 0 Å². The van der Waals surface area contributed by atoms with Crippen molar-refractivity contribution in [1.82, 2.24) is 4.31 Å². The zero-order chi connectivity index (χ0) is 19.4. The second-order valence-corrected chi connectivity index (χ2v) is 9.22. The summed E-state index contributed by atoms with van der Waals surface area (Å²) in [5.74, 6) is -0.386. The molecular formula is C19H21NO5S2. The third-order valence-electron chi connectivity index (χ3n) is 3.99. The fourth-order valence-corrected chi connectivity index (χ4v) is 4.64. The molecule has 144 valence electrons. The number of hydrogen-bond donors (Lipinski definition) is 0. The number of rotatable bonds is 8. The van der Waals surface area contributed by atoms with Crippen LogP contribution in [0.4, 0.5) is 0 Å². The van der Waals surface area contributed by atoms with E-state index in [1.807, 2.05) is 18.2 Å². The summed E-state index contributed by atoms with van der Waals surface area (Å²) in [6.45, 7) is 3.05. The van der Waals surface area contributed by atoms with Crippen LogP contribution in [0.15, 0.2) is 47.4 Å². The monoisotopic (exact) mass is 407 g/mol. The van der Waals surface area contributed by atoms with E-state index in [9.17, 15) is 13.2 Å². The van der Waals surface area contributed by atoms with Gasteiger partial charge in [-0.05, 0) is 42.8 Å². The van der Waals surface area contributed by atoms with E-state index < -0.39 is 10.0 Å². The van der Waals surface area contributed by atoms with Gasteiger partial charge in [0.1, 0.15) is 0 Å². The van der Waals surface area contributed by atoms with Gasteiger partial charge >= 0.3 is 5.97 Å². The fourth-order valence-electron chi connectivity index (χ4n) is 2.49. The van der Waals surface area contributed by atoms with Crippen molar-refractivity contribution in [3.8, 4) is 10.4 Å². The number of carbonyl (C=O) groups is 1. The van der Waals surface area contributed by atoms with Crippen LogP contribution in [0.5, 0.6) is 0 Å². The lowest BCUT2D eigenvalue weighted by Crippen LogP contribution is -2.30. The average molecular weight is 408 g/mol. The number of esters is 1. The van der Waals surface area contributed by atoms with Gasteiger partial charge in [-0.1, -0.05) is 12.1 Å². The summed E-state index contributed by atoms with van der Waals surface area (Å²) in [6, 6.07) is 10.7. The summed E-state index contributed by atoms with van der Waals surface area (Å²) >= 11 is 1.47. The Bertz CT molecular complexity index is 945. The zero-order valence-electron chi connectivity index (χ0n) is 15.1. The molecule has 2 heterocycles. The van der Waals surface area contributed by atoms with Crippen molar-refractivity contribution in [3.63, 3.8) is 0 Å². The molecule has 1 atom stereocenters. The minimum Gasteiger partial charge on any atom is -0.463 e. The fraction of sp³-hybridized carbons (Fsp3) is 0.316. The molecule has 0 bridgehead atoms. The van der Waals surface area contributed by atoms with Gasteiger partial charge in [0.15, 0.2) is 0 Å². The predicted octanol–water partition coefficient (Wildman–Crippen LogP) is 3.01. The van der Waals surface area contributed by atoms with E-state index in [2.05, 4.69) is 0 Å². The number of carbonyl (C=O) groups excluding carboxylic acids is 1. The first-order chi connectivity index (χ1) is 12.9. The zero-order valence-corrected chi connectivity index (χ0v) is 16.8. The Hall–Kier alpha value is -2.00. The highest BCUT2D eigenvalue weighted by atomic mass is 32.2. The Morgan fingerprint density at radius 2 is 2.15 bits per heavy atom. The lowest BCUT2D eigenvalue weighted by atomic mass is 10.2. The molecule has 0 amide bonds. The standard InChI is InChI=1S/C19H21NO5S2/c1-3-24-19(21)10-8-16-7-9-18(26-16)14-5-4-6-17(11-14)27(22,23)20(2)12-15-13-25-15/h4-11,15H,3,12-13H2,1-2H3/t15-/m0/s1. The summed E-state index contributed by atoms with van der Waals surface area (Å²) in [4.78, 5) is 13.5. The van der Waals surface area contributed by atoms with E-state index >= 15 is 0 Å². The van der Waals surface area contributed by atoms with Crippen LogP contribution >= 0.6 is 11.3 Å². The molecule has 0 unspecified atom stereocenters. The molecule has 27 heavy (non-hydrogen) atoms. The van der Waals surface area contributed by atoms with Crippen LogP contribution in [-0.4, -0.2) is 51.6 Å². The molecule has 1 aliphatic heterocycles. The summed E-state index contributed by atoms with van der Waals surface area (Å²) < 4.78 is 36.8. The van der Waals surface area contributed by atoms with E-state index in [-0.39, 0.29) is 17.0 Å². The van der Waals surface area contributed by atoms with Crippen LogP contribution < -0.4 is 0 Å². The molecule has 0 N–H and O–H groups in total. The molecule has 1 saturated heterocycles. The highest BCUT2D eigenvalue weighted by Gasteiger charge is 2.30. The Morgan fingerprint density at radius 3 is 2.85 bits per heavy atom. The number of likely N-dealkylation sites (N-methyl/N-ethyl adjacent to an activating group) is 1. The maximum Gasteiger partial charge on any atom is 0.330 e. The van der Waals surface area contributed by atoms with Crippen molar-refractivity contribution in [2.45, 2.75) is 17.9 Å². The van der Waals surface area contributed by atoms with Gasteiger partial charge in [0, 0.05) is 29.4 Å². The van der Waals surface area contributed by atoms with Crippen LogP contribution in [0.25, 0.3) is 16.5 Å². The van der Waals surface area contributed by atoms with Crippen LogP contribution in [0.3, 0.4) is 0 Å². The van der Waals surface area contributed by atoms with Crippen molar-refractivity contribution >= 4 is 33.4 Å². The highest BCUT2D eigenvalue weighted by Crippen LogP contribution is 2.31. The predicted molar refractivity (Wildman–Crippen MR) is 105 cm³/mol. The average Bonchev–Trinajstić information content (AvgIpc) is 3.33. The van der Waals surface area contributed by atoms with Gasteiger partial charge in [-0.25, -0.2) is 13.2 Å². The molecule has 1 aromatic carbocycles. The summed E-state index contributed by atoms with van der Waals surface area (Å²) in [5, 5.41) is 0. The molecule has 2 aromatic rings. The molecule has 0 spiro atoms. The molecule has 1 aliphatic rings. The van der Waals surface area contributed by atoms with Crippen LogP contribution in [0.1, 0.15) is 11.8 Å². The van der Waals surface area contributed by atoms with Crippen LogP contribution in [0.2, 0.25) is 0 Å². The first-order valence-electron chi connectivity index (χ1n) is 8.53. The lowest BCUT2D eigenvalue weighted by Gasteiger charge is -2.16. The number of nitrogens with zero attached hydrogens (tertiary/aromatic N) is 1. The van der Waals surface area contributed by atoms with Gasteiger partial charge in [0.25, 0.3) is 0 Å². The molecule has 0 radical (unpaired) electrons. The van der Waals surface area contributed by atoms with Crippen molar-refractivity contribution in [1.29, 1.82) is 0 Å². The van der Waals surface area contributed by atoms with Crippen molar-refractivity contribution in [2.75, 3.05) is 26.8 Å². The quantitative estimate of drug-likeness (QED) is 0.382. The van der Waals surface area contributed by atoms with Gasteiger partial charge in [0.05, 0.1) is 24.2 Å². The van der Waals surface area contributed by atoms with Gasteiger partial charge < -0.3 is 9.47 Å². The third kappa shape index (κ3) is 5.04. The van der Waals surface area contributed by atoms with Gasteiger partial charge in [0.2, 0.25) is 10.0 Å². The number of sulfonamides is 1. The minimum atomic E-state index is -3.56. The molecule has 1 fully saturated rings. The SMILES string of the molecule is CCOC(=O)C=Cc1ccc(-c2cccc(S(=O)(=O)N(C)C[C@H]3CO3)c2)s1. The van der Waals surface area contributed by atoms with Crippen molar-refractivity contribution in [2.24, 2.45) is 0 Å². The number of thiophene rings is 1. The molecule has 0 saturated carbocycles. The smallest absolute Gasteiger partial charge is 0.330 e. The molecular weight excluding hydrogens is 386 g/mol. The highest BCUT2D eigenvalue weighted by molar-refractivity contribution is 7.89. The summed E-state index contributed by atoms with van der Waals surface area (Å²) in [7, 11) is -2.00. The first kappa shape index (κ1) is 19.8. The van der Waals surface area contributed by atoms with Crippen LogP contribution in [0, 0.1) is 0 Å². The molecule has 0 aliphatic carbocycles. The van der Waals surface area contributed by atoms with E-state index in [1.165, 1.54) is 21.7 Å². The molecule has 3 rings (SSSR count). The Balaban J connectivity index is 1.78. The van der Waals surface area contributed by atoms with Crippen molar-refractivity contribution in [3.05, 3.63) is 47.4 Å². The summed E-state index contributed by atoms with van der Waals surface area (Å²) in [5.41, 5.74) is 0.813. The number of epoxide rings is 1. The first-order valence-corrected chi connectivity index (χ1v) is 10.8. The maximum absolute atomic E-state index is 12.7. The van der Waals surface area contributed by atoms with E-state index in [0.29, 0.717) is 19.8 Å². The van der Waals surface area contributed by atoms with E-state index in [0.717, 1.165) is 15.3 Å². The number of ether oxygens (including phenoxy) is 2. The van der Waals surface area contributed by atoms with Gasteiger partial charge in [-0.2, -0.15) is 4.31 Å². The molecule has 8 heteroatoms. The number of benzene rings is 1. The Kier molecular flexibility index (Phi) is 6.11. The van der Waals surface area contributed by atoms with Crippen molar-refractivity contribution < 1.29 is 22.7 Å². The topological polar surface area (TPSA) is 76.2 Å². The molecule has 1 aromatic heterocycles. The van der Waals surface area contributed by atoms with Gasteiger partial charge in [-0.15, -0.1) is 11.3 Å². The van der Waals surface area contributed by atoms with Crippen LogP contribution in [-0.2, 0) is 24.3 Å². The van der Waals surface area contributed by atoms with E-state index in [4.69, 9.17) is 9.47 Å². The Labute approximate surface area is 163 Å². The summed E-state index contributed by atoms with van der Waals surface area (Å²) in [6.07, 6.45) is 3.07. The largest absolute Gasteiger partial charge is 0.463 e. The third-order valence-corrected chi connectivity index (χ3v) is 6.91. The minimum absolute atomic E-state index is 0.000928. The maximum atomic E-state index is 12.7. The second kappa shape index (κ2) is 8.35. The molecule has 6 nitrogen and oxygen atoms in total. The number of hydrogen-bond acceptors (Lipinski definition) is 6. The second-order valence-electron chi connectivity index (χ2n) is 6.06. The van der Waals surface area contributed by atoms with E-state index in [1.54, 1.807) is 38.2 Å².